The van der Waals surface area contributed by atoms with Crippen LogP contribution in [0.15, 0.2) is 35.8 Å². The van der Waals surface area contributed by atoms with Gasteiger partial charge in [-0.05, 0) is 83.5 Å². The fourth-order valence-electron chi connectivity index (χ4n) is 5.09. The largest absolute Gasteiger partial charge is 0.481 e. The van der Waals surface area contributed by atoms with Gasteiger partial charge in [0, 0.05) is 40.9 Å². The first-order valence-corrected chi connectivity index (χ1v) is 14.2. The van der Waals surface area contributed by atoms with E-state index < -0.39 is 36.4 Å². The van der Waals surface area contributed by atoms with Crippen molar-refractivity contribution in [2.75, 3.05) is 19.7 Å². The molecule has 2 aromatic rings. The topological polar surface area (TPSA) is 157 Å². The first-order chi connectivity index (χ1) is 18.6. The van der Waals surface area contributed by atoms with Gasteiger partial charge in [-0.25, -0.2) is 4.79 Å². The molecule has 0 unspecified atom stereocenters. The quantitative estimate of drug-likeness (QED) is 0.272. The van der Waals surface area contributed by atoms with Crippen LogP contribution < -0.4 is 0 Å². The third-order valence-corrected chi connectivity index (χ3v) is 8.74. The molecule has 0 aliphatic carbocycles. The number of aliphatic carboxylic acids is 3. The summed E-state index contributed by atoms with van der Waals surface area (Å²) < 4.78 is 6.15. The Morgan fingerprint density at radius 2 is 1.80 bits per heavy atom. The highest BCUT2D eigenvalue weighted by atomic mass is 32.1. The molecule has 4 N–H and O–H groups in total. The van der Waals surface area contributed by atoms with E-state index in [0.717, 1.165) is 31.8 Å². The van der Waals surface area contributed by atoms with Crippen molar-refractivity contribution in [1.82, 2.24) is 9.88 Å². The Kier molecular flexibility index (Phi) is 11.8. The van der Waals surface area contributed by atoms with Gasteiger partial charge >= 0.3 is 17.9 Å². The van der Waals surface area contributed by atoms with E-state index in [-0.39, 0.29) is 17.1 Å². The molecule has 10 nitrogen and oxygen atoms in total. The van der Waals surface area contributed by atoms with Crippen molar-refractivity contribution in [3.63, 3.8) is 0 Å². The van der Waals surface area contributed by atoms with E-state index in [1.54, 1.807) is 0 Å². The van der Waals surface area contributed by atoms with Gasteiger partial charge in [0.2, 0.25) is 0 Å². The number of carboxylic acid groups (broad SMARTS) is 3. The molecule has 1 fully saturated rings. The zero-order valence-electron chi connectivity index (χ0n) is 23.9. The van der Waals surface area contributed by atoms with Crippen LogP contribution in [0.25, 0.3) is 0 Å². The van der Waals surface area contributed by atoms with Crippen molar-refractivity contribution < 1.29 is 39.5 Å². The van der Waals surface area contributed by atoms with Gasteiger partial charge in [-0.15, -0.1) is 11.3 Å². The molecule has 222 valence electrons. The summed E-state index contributed by atoms with van der Waals surface area (Å²) in [7, 11) is 0. The predicted octanol–water partition coefficient (Wildman–Crippen LogP) is 4.19. The zero-order valence-corrected chi connectivity index (χ0v) is 24.7. The molecule has 3 heterocycles. The van der Waals surface area contributed by atoms with Crippen LogP contribution in [0, 0.1) is 12.3 Å². The maximum atomic E-state index is 10.3. The lowest BCUT2D eigenvalue weighted by Crippen LogP contribution is -2.44. The van der Waals surface area contributed by atoms with Crippen LogP contribution in [0.1, 0.15) is 69.5 Å². The SMILES string of the molecule is CCO[C@@H](C)[C@]1(CCc2cccs2)CCN(C(C)(C)c2ccc(C)nc2)C1.O=C(O)CC(O)(CC(=O)O)C(=O)O. The van der Waals surface area contributed by atoms with Crippen LogP contribution in [0.5, 0.6) is 0 Å². The summed E-state index contributed by atoms with van der Waals surface area (Å²) >= 11 is 1.87. The highest BCUT2D eigenvalue weighted by Gasteiger charge is 2.47. The second kappa shape index (κ2) is 14.2. The number of rotatable bonds is 13. The summed E-state index contributed by atoms with van der Waals surface area (Å²) in [6.07, 6.45) is 3.57. The number of thiophene rings is 1. The van der Waals surface area contributed by atoms with Crippen molar-refractivity contribution in [2.24, 2.45) is 5.41 Å². The van der Waals surface area contributed by atoms with Crippen molar-refractivity contribution in [3.05, 3.63) is 52.0 Å². The number of likely N-dealkylation sites (tertiary alicyclic amines) is 1. The van der Waals surface area contributed by atoms with Gasteiger partial charge in [-0.1, -0.05) is 12.1 Å². The molecule has 1 saturated heterocycles. The molecule has 0 radical (unpaired) electrons. The number of pyridine rings is 1. The second-order valence-corrected chi connectivity index (χ2v) is 12.0. The number of aliphatic hydroxyl groups is 1. The number of ether oxygens (including phenoxy) is 1. The van der Waals surface area contributed by atoms with Gasteiger partial charge in [0.05, 0.1) is 18.9 Å². The number of aromatic nitrogens is 1. The van der Waals surface area contributed by atoms with Crippen molar-refractivity contribution in [1.29, 1.82) is 0 Å². The lowest BCUT2D eigenvalue weighted by Gasteiger charge is -2.40. The molecule has 0 saturated carbocycles. The summed E-state index contributed by atoms with van der Waals surface area (Å²) in [4.78, 5) is 39.1. The van der Waals surface area contributed by atoms with E-state index in [1.165, 1.54) is 23.3 Å². The Labute approximate surface area is 239 Å². The standard InChI is InChI=1S/C23H34N2OS.C6H8O7/c1-6-26-19(3)23(12-11-21-8-7-15-27-21)13-14-25(17-23)22(4,5)20-10-9-18(2)24-16-20;7-3(8)1-6(13,5(11)12)2-4(9)10/h7-10,15-16,19H,6,11-14,17H2,1-5H3;13H,1-2H2,(H,7,8)(H,9,10)(H,11,12)/t19-,23+;/m0./s1. The molecule has 0 bridgehead atoms. The highest BCUT2D eigenvalue weighted by molar-refractivity contribution is 7.09. The van der Waals surface area contributed by atoms with Crippen LogP contribution in [-0.2, 0) is 31.1 Å². The Bertz CT molecular complexity index is 1100. The van der Waals surface area contributed by atoms with Crippen molar-refractivity contribution in [3.8, 4) is 0 Å². The minimum absolute atomic E-state index is 0.0166. The molecule has 1 aliphatic heterocycles. The number of hydrogen-bond acceptors (Lipinski definition) is 8. The molecular formula is C29H42N2O8S. The normalized spacial score (nSPS) is 18.6. The Balaban J connectivity index is 0.000000366. The molecule has 40 heavy (non-hydrogen) atoms. The van der Waals surface area contributed by atoms with E-state index in [4.69, 9.17) is 25.2 Å². The minimum Gasteiger partial charge on any atom is -0.481 e. The number of hydrogen-bond donors (Lipinski definition) is 4. The smallest absolute Gasteiger partial charge is 0.336 e. The van der Waals surface area contributed by atoms with Gasteiger partial charge in [-0.3, -0.25) is 19.5 Å². The fraction of sp³-hybridized carbons (Fsp3) is 0.586. The Hall–Kier alpha value is -2.86. The maximum absolute atomic E-state index is 10.3. The van der Waals surface area contributed by atoms with E-state index in [1.807, 2.05) is 24.5 Å². The summed E-state index contributed by atoms with van der Waals surface area (Å²) in [5.74, 6) is -5.02. The Morgan fingerprint density at radius 1 is 1.15 bits per heavy atom. The molecule has 2 aromatic heterocycles. The molecule has 2 atom stereocenters. The molecule has 0 amide bonds. The molecule has 0 spiro atoms. The summed E-state index contributed by atoms with van der Waals surface area (Å²) in [6, 6.07) is 8.78. The van der Waals surface area contributed by atoms with Crippen LogP contribution >= 0.6 is 11.3 Å². The summed E-state index contributed by atoms with van der Waals surface area (Å²) in [6.45, 7) is 14.1. The van der Waals surface area contributed by atoms with Gasteiger partial charge in [-0.2, -0.15) is 0 Å². The van der Waals surface area contributed by atoms with E-state index in [9.17, 15) is 14.4 Å². The average Bonchev–Trinajstić information content (AvgIpc) is 3.54. The van der Waals surface area contributed by atoms with Gasteiger partial charge in [0.1, 0.15) is 0 Å². The third-order valence-electron chi connectivity index (χ3n) is 7.81. The van der Waals surface area contributed by atoms with Crippen LogP contribution in [0.2, 0.25) is 0 Å². The first kappa shape index (κ1) is 33.3. The minimum atomic E-state index is -2.74. The van der Waals surface area contributed by atoms with Crippen molar-refractivity contribution >= 4 is 29.2 Å². The highest BCUT2D eigenvalue weighted by Crippen LogP contribution is 2.44. The van der Waals surface area contributed by atoms with Gasteiger partial charge in [0.15, 0.2) is 5.60 Å². The van der Waals surface area contributed by atoms with Crippen LogP contribution in [0.3, 0.4) is 0 Å². The molecule has 3 rings (SSSR count). The first-order valence-electron chi connectivity index (χ1n) is 13.4. The second-order valence-electron chi connectivity index (χ2n) is 10.9. The summed E-state index contributed by atoms with van der Waals surface area (Å²) in [5.41, 5.74) is -0.165. The number of carboxylic acids is 3. The number of nitrogens with zero attached hydrogens (tertiary/aromatic N) is 2. The predicted molar refractivity (Wildman–Crippen MR) is 151 cm³/mol. The van der Waals surface area contributed by atoms with E-state index >= 15 is 0 Å². The van der Waals surface area contributed by atoms with Crippen LogP contribution in [-0.4, -0.2) is 79.6 Å². The average molecular weight is 579 g/mol. The third kappa shape index (κ3) is 8.82. The lowest BCUT2D eigenvalue weighted by atomic mass is 9.77. The lowest BCUT2D eigenvalue weighted by molar-refractivity contribution is -0.170. The summed E-state index contributed by atoms with van der Waals surface area (Å²) in [5, 5.41) is 36.0. The molecule has 1 aliphatic rings. The van der Waals surface area contributed by atoms with Crippen LogP contribution in [0.4, 0.5) is 0 Å². The van der Waals surface area contributed by atoms with Crippen molar-refractivity contribution in [2.45, 2.75) is 84.0 Å². The number of aryl methyl sites for hydroxylation is 2. The van der Waals surface area contributed by atoms with E-state index in [2.05, 4.69) is 67.2 Å². The monoisotopic (exact) mass is 578 g/mol. The van der Waals surface area contributed by atoms with Gasteiger partial charge in [0.25, 0.3) is 0 Å². The molecule has 11 heteroatoms. The maximum Gasteiger partial charge on any atom is 0.336 e. The van der Waals surface area contributed by atoms with Gasteiger partial charge < -0.3 is 25.2 Å². The zero-order chi connectivity index (χ0) is 30.1. The Morgan fingerprint density at radius 3 is 2.27 bits per heavy atom. The molecular weight excluding hydrogens is 536 g/mol. The molecule has 0 aromatic carbocycles. The fourth-order valence-corrected chi connectivity index (χ4v) is 5.80. The van der Waals surface area contributed by atoms with E-state index in [0.29, 0.717) is 0 Å². The number of carbonyl (C=O) groups is 3.